The third kappa shape index (κ3) is 2.16. The zero-order chi connectivity index (χ0) is 17.2. The summed E-state index contributed by atoms with van der Waals surface area (Å²) in [6, 6.07) is 1.82. The van der Waals surface area contributed by atoms with Gasteiger partial charge in [0.25, 0.3) is 0 Å². The van der Waals surface area contributed by atoms with Crippen molar-refractivity contribution in [2.75, 3.05) is 0 Å². The van der Waals surface area contributed by atoms with E-state index in [1.165, 1.54) is 0 Å². The van der Waals surface area contributed by atoms with E-state index in [4.69, 9.17) is 0 Å². The predicted octanol–water partition coefficient (Wildman–Crippen LogP) is 5.22. The Kier molecular flexibility index (Phi) is 3.48. The Morgan fingerprint density at radius 1 is 1.09 bits per heavy atom. The Bertz CT molecular complexity index is 685. The number of aliphatic hydroxyl groups excluding tert-OH is 1. The first-order valence-electron chi connectivity index (χ1n) is 8.59. The van der Waals surface area contributed by atoms with Crippen LogP contribution in [-0.2, 0) is 5.41 Å². The van der Waals surface area contributed by atoms with E-state index in [1.807, 2.05) is 19.9 Å². The van der Waals surface area contributed by atoms with E-state index in [9.17, 15) is 15.3 Å². The number of aromatic hydroxyl groups is 2. The summed E-state index contributed by atoms with van der Waals surface area (Å²) in [6.07, 6.45) is 4.82. The van der Waals surface area contributed by atoms with Crippen molar-refractivity contribution in [3.63, 3.8) is 0 Å². The van der Waals surface area contributed by atoms with Gasteiger partial charge in [-0.3, -0.25) is 0 Å². The number of rotatable bonds is 1. The van der Waals surface area contributed by atoms with E-state index in [0.29, 0.717) is 16.9 Å². The quantitative estimate of drug-likeness (QED) is 0.666. The first-order chi connectivity index (χ1) is 10.6. The Hall–Kier alpha value is -1.64. The molecule has 1 fully saturated rings. The first-order valence-corrected chi connectivity index (χ1v) is 8.59. The second-order valence-electron chi connectivity index (χ2n) is 8.54. The highest BCUT2D eigenvalue weighted by atomic mass is 16.3. The largest absolute Gasteiger partial charge is 0.512 e. The van der Waals surface area contributed by atoms with Crippen molar-refractivity contribution in [1.82, 2.24) is 0 Å². The number of fused-ring (bicyclic) bond motifs is 3. The number of phenolic OH excluding ortho intramolecular Hbond substituents is 2. The Morgan fingerprint density at radius 2 is 1.74 bits per heavy atom. The molecule has 0 radical (unpaired) electrons. The summed E-state index contributed by atoms with van der Waals surface area (Å²) in [5.41, 5.74) is 1.94. The second kappa shape index (κ2) is 4.93. The normalized spacial score (nSPS) is 29.0. The van der Waals surface area contributed by atoms with Crippen LogP contribution < -0.4 is 0 Å². The molecule has 126 valence electrons. The van der Waals surface area contributed by atoms with Gasteiger partial charge in [-0.25, -0.2) is 0 Å². The first kappa shape index (κ1) is 16.2. The SMILES string of the molecule is CC(C)c1c(O)cc2c(c1O)C=C(O)[C@H]1C(C)(C)CCC[C@]21C. The molecule has 3 nitrogen and oxygen atoms in total. The van der Waals surface area contributed by atoms with Gasteiger partial charge in [0.1, 0.15) is 11.5 Å². The van der Waals surface area contributed by atoms with E-state index in [-0.39, 0.29) is 34.2 Å². The van der Waals surface area contributed by atoms with Gasteiger partial charge in [0, 0.05) is 22.5 Å². The van der Waals surface area contributed by atoms with E-state index < -0.39 is 0 Å². The molecule has 0 spiro atoms. The van der Waals surface area contributed by atoms with Crippen molar-refractivity contribution in [1.29, 1.82) is 0 Å². The van der Waals surface area contributed by atoms with Crippen LogP contribution in [0.15, 0.2) is 11.8 Å². The van der Waals surface area contributed by atoms with Crippen LogP contribution in [0.1, 0.15) is 76.5 Å². The van der Waals surface area contributed by atoms with Gasteiger partial charge in [-0.15, -0.1) is 0 Å². The number of phenols is 2. The molecule has 0 bridgehead atoms. The maximum absolute atomic E-state index is 10.8. The van der Waals surface area contributed by atoms with Crippen LogP contribution in [-0.4, -0.2) is 15.3 Å². The smallest absolute Gasteiger partial charge is 0.130 e. The van der Waals surface area contributed by atoms with Gasteiger partial charge in [0.05, 0.1) is 5.76 Å². The van der Waals surface area contributed by atoms with Gasteiger partial charge in [0.2, 0.25) is 0 Å². The lowest BCUT2D eigenvalue weighted by Crippen LogP contribution is -2.47. The lowest BCUT2D eigenvalue weighted by Gasteiger charge is -2.53. The van der Waals surface area contributed by atoms with Gasteiger partial charge in [-0.1, -0.05) is 41.0 Å². The molecular weight excluding hydrogens is 288 g/mol. The molecule has 0 aliphatic heterocycles. The molecule has 0 aromatic heterocycles. The summed E-state index contributed by atoms with van der Waals surface area (Å²) in [5, 5.41) is 32.0. The molecule has 1 aromatic rings. The van der Waals surface area contributed by atoms with E-state index in [0.717, 1.165) is 24.8 Å². The standard InChI is InChI=1S/C20H28O3/c1-11(2)16-14(21)10-13-12(17(16)23)9-15(22)18-19(3,4)7-6-8-20(13,18)5/h9-11,18,21-23H,6-8H2,1-5H3/t18-,20+/m0/s1. The summed E-state index contributed by atoms with van der Waals surface area (Å²) in [7, 11) is 0. The minimum atomic E-state index is -0.264. The molecule has 23 heavy (non-hydrogen) atoms. The van der Waals surface area contributed by atoms with Crippen LogP contribution in [0, 0.1) is 11.3 Å². The molecule has 1 aromatic carbocycles. The maximum atomic E-state index is 10.8. The Labute approximate surface area is 138 Å². The Morgan fingerprint density at radius 3 is 2.35 bits per heavy atom. The highest BCUT2D eigenvalue weighted by Crippen LogP contribution is 2.59. The summed E-state index contributed by atoms with van der Waals surface area (Å²) in [4.78, 5) is 0. The number of hydrogen-bond acceptors (Lipinski definition) is 3. The van der Waals surface area contributed by atoms with E-state index >= 15 is 0 Å². The zero-order valence-corrected chi connectivity index (χ0v) is 14.8. The van der Waals surface area contributed by atoms with Gasteiger partial charge >= 0.3 is 0 Å². The monoisotopic (exact) mass is 316 g/mol. The summed E-state index contributed by atoms with van der Waals surface area (Å²) in [6.45, 7) is 10.5. The fraction of sp³-hybridized carbons (Fsp3) is 0.600. The van der Waals surface area contributed by atoms with Crippen molar-refractivity contribution >= 4 is 6.08 Å². The molecule has 3 N–H and O–H groups in total. The van der Waals surface area contributed by atoms with Crippen molar-refractivity contribution < 1.29 is 15.3 Å². The third-order valence-electron chi connectivity index (χ3n) is 6.07. The van der Waals surface area contributed by atoms with Crippen molar-refractivity contribution in [3.8, 4) is 11.5 Å². The molecule has 0 amide bonds. The lowest BCUT2D eigenvalue weighted by atomic mass is 9.51. The molecule has 0 heterocycles. The number of hydrogen-bond donors (Lipinski definition) is 3. The van der Waals surface area contributed by atoms with Crippen LogP contribution >= 0.6 is 0 Å². The highest BCUT2D eigenvalue weighted by molar-refractivity contribution is 5.72. The number of aliphatic hydroxyl groups is 1. The summed E-state index contributed by atoms with van der Waals surface area (Å²) in [5.74, 6) is 0.670. The maximum Gasteiger partial charge on any atom is 0.130 e. The number of benzene rings is 1. The molecule has 1 saturated carbocycles. The molecule has 3 heteroatoms. The second-order valence-corrected chi connectivity index (χ2v) is 8.54. The third-order valence-corrected chi connectivity index (χ3v) is 6.07. The predicted molar refractivity (Wildman–Crippen MR) is 92.9 cm³/mol. The van der Waals surface area contributed by atoms with Gasteiger partial charge < -0.3 is 15.3 Å². The molecule has 0 saturated heterocycles. The molecule has 2 aliphatic carbocycles. The van der Waals surface area contributed by atoms with E-state index in [2.05, 4.69) is 20.8 Å². The average Bonchev–Trinajstić information content (AvgIpc) is 2.39. The van der Waals surface area contributed by atoms with Crippen LogP contribution in [0.3, 0.4) is 0 Å². The van der Waals surface area contributed by atoms with Crippen LogP contribution in [0.5, 0.6) is 11.5 Å². The lowest BCUT2D eigenvalue weighted by molar-refractivity contribution is 0.0492. The minimum absolute atomic E-state index is 0.00672. The zero-order valence-electron chi connectivity index (χ0n) is 14.8. The summed E-state index contributed by atoms with van der Waals surface area (Å²) >= 11 is 0. The van der Waals surface area contributed by atoms with Gasteiger partial charge in [0.15, 0.2) is 0 Å². The average molecular weight is 316 g/mol. The van der Waals surface area contributed by atoms with Crippen molar-refractivity contribution in [3.05, 3.63) is 28.5 Å². The van der Waals surface area contributed by atoms with E-state index in [1.54, 1.807) is 6.08 Å². The van der Waals surface area contributed by atoms with Gasteiger partial charge in [-0.2, -0.15) is 0 Å². The van der Waals surface area contributed by atoms with Gasteiger partial charge in [-0.05, 0) is 41.9 Å². The molecular formula is C20H28O3. The fourth-order valence-corrected chi connectivity index (χ4v) is 5.18. The Balaban J connectivity index is 2.30. The highest BCUT2D eigenvalue weighted by Gasteiger charge is 2.52. The number of allylic oxidation sites excluding steroid dienone is 1. The minimum Gasteiger partial charge on any atom is -0.512 e. The topological polar surface area (TPSA) is 60.7 Å². The van der Waals surface area contributed by atoms with Crippen molar-refractivity contribution in [2.24, 2.45) is 11.3 Å². The molecule has 3 rings (SSSR count). The van der Waals surface area contributed by atoms with Crippen LogP contribution in [0.25, 0.3) is 6.08 Å². The molecule has 2 aliphatic rings. The summed E-state index contributed by atoms with van der Waals surface area (Å²) < 4.78 is 0. The fourth-order valence-electron chi connectivity index (χ4n) is 5.18. The van der Waals surface area contributed by atoms with Crippen LogP contribution in [0.4, 0.5) is 0 Å². The van der Waals surface area contributed by atoms with Crippen LogP contribution in [0.2, 0.25) is 0 Å². The molecule has 2 atom stereocenters. The molecule has 0 unspecified atom stereocenters. The van der Waals surface area contributed by atoms with Crippen molar-refractivity contribution in [2.45, 2.75) is 65.2 Å².